The molecule has 0 spiro atoms. The number of thioether (sulfide) groups is 1. The molecule has 3 rings (SSSR count). The third kappa shape index (κ3) is 3.33. The van der Waals surface area contributed by atoms with Crippen LogP contribution in [0.25, 0.3) is 0 Å². The quantitative estimate of drug-likeness (QED) is 0.711. The SMILES string of the molecule is CSc1ccc(NC(=O)N[C@H]2C[C@H]3C(=O)N[C@@H](C)C(=O)N3C2)cc1. The van der Waals surface area contributed by atoms with Gasteiger partial charge >= 0.3 is 6.03 Å². The molecule has 24 heavy (non-hydrogen) atoms. The van der Waals surface area contributed by atoms with Crippen LogP contribution in [0.15, 0.2) is 29.2 Å². The van der Waals surface area contributed by atoms with E-state index < -0.39 is 12.1 Å². The molecule has 2 fully saturated rings. The van der Waals surface area contributed by atoms with Crippen molar-refractivity contribution in [1.29, 1.82) is 0 Å². The van der Waals surface area contributed by atoms with E-state index in [2.05, 4.69) is 16.0 Å². The number of hydrogen-bond donors (Lipinski definition) is 3. The lowest BCUT2D eigenvalue weighted by Crippen LogP contribution is -2.60. The van der Waals surface area contributed by atoms with Crippen molar-refractivity contribution in [2.24, 2.45) is 0 Å². The zero-order chi connectivity index (χ0) is 17.3. The maximum atomic E-state index is 12.1. The van der Waals surface area contributed by atoms with Gasteiger partial charge in [0.25, 0.3) is 0 Å². The van der Waals surface area contributed by atoms with Crippen LogP contribution in [0.3, 0.4) is 0 Å². The molecule has 2 aliphatic rings. The van der Waals surface area contributed by atoms with Crippen molar-refractivity contribution in [1.82, 2.24) is 15.5 Å². The summed E-state index contributed by atoms with van der Waals surface area (Å²) >= 11 is 1.63. The first-order valence-corrected chi connectivity index (χ1v) is 9.03. The monoisotopic (exact) mass is 348 g/mol. The highest BCUT2D eigenvalue weighted by Crippen LogP contribution is 2.23. The van der Waals surface area contributed by atoms with E-state index in [4.69, 9.17) is 0 Å². The summed E-state index contributed by atoms with van der Waals surface area (Å²) in [5.41, 5.74) is 0.698. The van der Waals surface area contributed by atoms with Crippen LogP contribution in [0.2, 0.25) is 0 Å². The fourth-order valence-corrected chi connectivity index (χ4v) is 3.49. The Balaban J connectivity index is 1.57. The van der Waals surface area contributed by atoms with Crippen LogP contribution in [-0.2, 0) is 9.59 Å². The molecule has 3 atom stereocenters. The van der Waals surface area contributed by atoms with Gasteiger partial charge in [-0.3, -0.25) is 9.59 Å². The average Bonchev–Trinajstić information content (AvgIpc) is 2.98. The molecule has 128 valence electrons. The molecule has 8 heteroatoms. The molecule has 3 N–H and O–H groups in total. The number of carbonyl (C=O) groups is 3. The Morgan fingerprint density at radius 1 is 1.29 bits per heavy atom. The lowest BCUT2D eigenvalue weighted by molar-refractivity contribution is -0.146. The van der Waals surface area contributed by atoms with Gasteiger partial charge in [-0.2, -0.15) is 0 Å². The number of urea groups is 1. The Bertz CT molecular complexity index is 664. The normalized spacial score (nSPS) is 25.9. The van der Waals surface area contributed by atoms with Crippen LogP contribution in [0.1, 0.15) is 13.3 Å². The smallest absolute Gasteiger partial charge is 0.319 e. The summed E-state index contributed by atoms with van der Waals surface area (Å²) in [6, 6.07) is 5.97. The lowest BCUT2D eigenvalue weighted by Gasteiger charge is -2.32. The first kappa shape index (κ1) is 16.6. The molecule has 7 nitrogen and oxygen atoms in total. The standard InChI is InChI=1S/C16H20N4O3S/c1-9-15(22)20-8-11(7-13(20)14(21)17-9)19-16(23)18-10-3-5-12(24-2)6-4-10/h3-6,9,11,13H,7-8H2,1-2H3,(H,17,21)(H2,18,19,23)/t9-,11-,13-/m0/s1. The van der Waals surface area contributed by atoms with E-state index in [1.807, 2.05) is 30.5 Å². The number of anilines is 1. The van der Waals surface area contributed by atoms with Gasteiger partial charge in [-0.25, -0.2) is 4.79 Å². The summed E-state index contributed by atoms with van der Waals surface area (Å²) < 4.78 is 0. The van der Waals surface area contributed by atoms with Crippen molar-refractivity contribution >= 4 is 35.3 Å². The summed E-state index contributed by atoms with van der Waals surface area (Å²) in [6.45, 7) is 2.03. The van der Waals surface area contributed by atoms with Crippen molar-refractivity contribution in [2.75, 3.05) is 18.1 Å². The van der Waals surface area contributed by atoms with E-state index in [9.17, 15) is 14.4 Å². The Morgan fingerprint density at radius 2 is 2.00 bits per heavy atom. The number of hydrogen-bond acceptors (Lipinski definition) is 4. The highest BCUT2D eigenvalue weighted by Gasteiger charge is 2.45. The average molecular weight is 348 g/mol. The molecular weight excluding hydrogens is 328 g/mol. The fourth-order valence-electron chi connectivity index (χ4n) is 3.08. The predicted molar refractivity (Wildman–Crippen MR) is 91.9 cm³/mol. The van der Waals surface area contributed by atoms with Gasteiger partial charge < -0.3 is 20.9 Å². The number of piperazine rings is 1. The van der Waals surface area contributed by atoms with Crippen molar-refractivity contribution in [3.05, 3.63) is 24.3 Å². The number of benzene rings is 1. The van der Waals surface area contributed by atoms with E-state index in [-0.39, 0.29) is 23.9 Å². The van der Waals surface area contributed by atoms with Crippen LogP contribution in [0, 0.1) is 0 Å². The largest absolute Gasteiger partial charge is 0.343 e. The molecule has 0 saturated carbocycles. The molecule has 0 bridgehead atoms. The second kappa shape index (κ2) is 6.72. The van der Waals surface area contributed by atoms with Gasteiger partial charge in [-0.1, -0.05) is 0 Å². The Hall–Kier alpha value is -2.22. The Kier molecular flexibility index (Phi) is 4.66. The summed E-state index contributed by atoms with van der Waals surface area (Å²) in [5.74, 6) is -0.253. The minimum atomic E-state index is -0.503. The third-order valence-electron chi connectivity index (χ3n) is 4.30. The number of fused-ring (bicyclic) bond motifs is 1. The number of carbonyl (C=O) groups excluding carboxylic acids is 3. The van der Waals surface area contributed by atoms with Gasteiger partial charge in [0.1, 0.15) is 12.1 Å². The molecule has 0 aromatic heterocycles. The predicted octanol–water partition coefficient (Wildman–Crippen LogP) is 1.02. The molecule has 1 aromatic rings. The van der Waals surface area contributed by atoms with E-state index in [0.29, 0.717) is 18.7 Å². The molecule has 1 aromatic carbocycles. The third-order valence-corrected chi connectivity index (χ3v) is 5.04. The van der Waals surface area contributed by atoms with Gasteiger partial charge in [0.15, 0.2) is 0 Å². The zero-order valence-corrected chi connectivity index (χ0v) is 14.4. The fraction of sp³-hybridized carbons (Fsp3) is 0.438. The van der Waals surface area contributed by atoms with Gasteiger partial charge in [-0.05, 0) is 43.9 Å². The highest BCUT2D eigenvalue weighted by molar-refractivity contribution is 7.98. The molecule has 0 unspecified atom stereocenters. The summed E-state index contributed by atoms with van der Waals surface area (Å²) in [7, 11) is 0. The van der Waals surface area contributed by atoms with Crippen LogP contribution < -0.4 is 16.0 Å². The van der Waals surface area contributed by atoms with Gasteiger partial charge in [0.2, 0.25) is 11.8 Å². The summed E-state index contributed by atoms with van der Waals surface area (Å²) in [5, 5.41) is 8.27. The second-order valence-corrected chi connectivity index (χ2v) is 6.88. The zero-order valence-electron chi connectivity index (χ0n) is 13.5. The number of amides is 4. The van der Waals surface area contributed by atoms with E-state index >= 15 is 0 Å². The number of nitrogens with zero attached hydrogens (tertiary/aromatic N) is 1. The molecule has 2 saturated heterocycles. The van der Waals surface area contributed by atoms with Gasteiger partial charge in [0.05, 0.1) is 6.04 Å². The van der Waals surface area contributed by atoms with Gasteiger partial charge in [-0.15, -0.1) is 11.8 Å². The minimum absolute atomic E-state index is 0.100. The molecule has 4 amide bonds. The van der Waals surface area contributed by atoms with Crippen molar-refractivity contribution in [3.8, 4) is 0 Å². The number of nitrogens with one attached hydrogen (secondary N) is 3. The Morgan fingerprint density at radius 3 is 2.67 bits per heavy atom. The lowest BCUT2D eigenvalue weighted by atomic mass is 10.1. The number of rotatable bonds is 3. The topological polar surface area (TPSA) is 90.5 Å². The van der Waals surface area contributed by atoms with Crippen molar-refractivity contribution in [3.63, 3.8) is 0 Å². The molecular formula is C16H20N4O3S. The van der Waals surface area contributed by atoms with E-state index in [1.54, 1.807) is 23.6 Å². The highest BCUT2D eigenvalue weighted by atomic mass is 32.2. The molecule has 0 radical (unpaired) electrons. The van der Waals surface area contributed by atoms with Gasteiger partial charge in [0, 0.05) is 17.1 Å². The second-order valence-electron chi connectivity index (χ2n) is 6.00. The van der Waals surface area contributed by atoms with Crippen LogP contribution in [-0.4, -0.2) is 53.7 Å². The molecule has 2 aliphatic heterocycles. The van der Waals surface area contributed by atoms with E-state index in [0.717, 1.165) is 4.90 Å². The van der Waals surface area contributed by atoms with Crippen LogP contribution in [0.4, 0.5) is 10.5 Å². The first-order chi connectivity index (χ1) is 11.5. The maximum Gasteiger partial charge on any atom is 0.319 e. The minimum Gasteiger partial charge on any atom is -0.343 e. The first-order valence-electron chi connectivity index (χ1n) is 7.80. The molecule has 2 heterocycles. The Labute approximate surface area is 144 Å². The summed E-state index contributed by atoms with van der Waals surface area (Å²) in [4.78, 5) is 38.9. The van der Waals surface area contributed by atoms with Crippen LogP contribution in [0.5, 0.6) is 0 Å². The van der Waals surface area contributed by atoms with Crippen molar-refractivity contribution < 1.29 is 14.4 Å². The summed E-state index contributed by atoms with van der Waals surface area (Å²) in [6.07, 6.45) is 2.42. The molecule has 0 aliphatic carbocycles. The van der Waals surface area contributed by atoms with Crippen molar-refractivity contribution in [2.45, 2.75) is 36.4 Å². The van der Waals surface area contributed by atoms with Crippen LogP contribution >= 0.6 is 11.8 Å². The van der Waals surface area contributed by atoms with E-state index in [1.165, 1.54) is 0 Å². The maximum absolute atomic E-state index is 12.1.